The van der Waals surface area contributed by atoms with E-state index in [4.69, 9.17) is 4.74 Å². The lowest BCUT2D eigenvalue weighted by Gasteiger charge is -2.36. The van der Waals surface area contributed by atoms with E-state index in [0.29, 0.717) is 16.8 Å². The molecule has 0 radical (unpaired) electrons. The molecule has 2 heterocycles. The van der Waals surface area contributed by atoms with Crippen LogP contribution >= 0.6 is 15.9 Å². The summed E-state index contributed by atoms with van der Waals surface area (Å²) >= 11 is 3.38. The molecule has 0 bridgehead atoms. The van der Waals surface area contributed by atoms with Crippen LogP contribution in [-0.4, -0.2) is 59.6 Å². The third kappa shape index (κ3) is 5.42. The maximum Gasteiger partial charge on any atom is 0.254 e. The fourth-order valence-corrected chi connectivity index (χ4v) is 5.00. The summed E-state index contributed by atoms with van der Waals surface area (Å²) in [4.78, 5) is 18.1. The predicted molar refractivity (Wildman–Crippen MR) is 126 cm³/mol. The van der Waals surface area contributed by atoms with Gasteiger partial charge in [0, 0.05) is 18.7 Å². The normalized spacial score (nSPS) is 19.5. The van der Waals surface area contributed by atoms with Crippen LogP contribution in [0.3, 0.4) is 0 Å². The topological polar surface area (TPSA) is 53.0 Å². The van der Waals surface area contributed by atoms with Gasteiger partial charge < -0.3 is 19.6 Å². The molecule has 1 atom stereocenters. The lowest BCUT2D eigenvalue weighted by Crippen LogP contribution is -2.47. The first-order valence-corrected chi connectivity index (χ1v) is 12.1. The van der Waals surface area contributed by atoms with Crippen LogP contribution in [-0.2, 0) is 6.42 Å². The molecule has 2 fully saturated rings. The van der Waals surface area contributed by atoms with Crippen molar-refractivity contribution in [1.29, 1.82) is 0 Å². The van der Waals surface area contributed by atoms with Gasteiger partial charge >= 0.3 is 0 Å². The van der Waals surface area contributed by atoms with Gasteiger partial charge in [0.25, 0.3) is 5.91 Å². The molecule has 5 nitrogen and oxygen atoms in total. The van der Waals surface area contributed by atoms with Crippen molar-refractivity contribution in [2.24, 2.45) is 0 Å². The number of carbonyl (C=O) groups is 1. The Morgan fingerprint density at radius 2 is 1.81 bits per heavy atom. The molecule has 2 aliphatic heterocycles. The van der Waals surface area contributed by atoms with Crippen molar-refractivity contribution in [3.63, 3.8) is 0 Å². The summed E-state index contributed by atoms with van der Waals surface area (Å²) in [6.07, 6.45) is 6.52. The van der Waals surface area contributed by atoms with Gasteiger partial charge in [0.1, 0.15) is 22.6 Å². The Labute approximate surface area is 193 Å². The molecule has 0 saturated carbocycles. The van der Waals surface area contributed by atoms with E-state index in [1.54, 1.807) is 12.1 Å². The van der Waals surface area contributed by atoms with Crippen LogP contribution in [0.5, 0.6) is 11.5 Å². The number of aromatic hydroxyl groups is 1. The molecule has 1 amide bonds. The molecule has 6 heteroatoms. The summed E-state index contributed by atoms with van der Waals surface area (Å²) in [5.74, 6) is 0.866. The predicted octanol–water partition coefficient (Wildman–Crippen LogP) is 4.87. The van der Waals surface area contributed by atoms with Crippen molar-refractivity contribution in [2.75, 3.05) is 32.8 Å². The van der Waals surface area contributed by atoms with Gasteiger partial charge in [-0.3, -0.25) is 4.79 Å². The number of hydrogen-bond acceptors (Lipinski definition) is 4. The van der Waals surface area contributed by atoms with Gasteiger partial charge in [-0.15, -0.1) is 0 Å². The number of nitrogens with zero attached hydrogens (tertiary/aromatic N) is 2. The minimum atomic E-state index is 0.0298. The second kappa shape index (κ2) is 10.5. The molecule has 2 aromatic carbocycles. The first kappa shape index (κ1) is 22.2. The van der Waals surface area contributed by atoms with E-state index in [9.17, 15) is 9.90 Å². The Bertz CT molecular complexity index is 898. The zero-order valence-electron chi connectivity index (χ0n) is 17.9. The Balaban J connectivity index is 1.45. The van der Waals surface area contributed by atoms with Gasteiger partial charge in [-0.2, -0.15) is 0 Å². The minimum Gasteiger partial charge on any atom is -0.507 e. The lowest BCUT2D eigenvalue weighted by molar-refractivity contribution is 0.0526. The summed E-state index contributed by atoms with van der Waals surface area (Å²) in [6.45, 7) is 4.54. The van der Waals surface area contributed by atoms with Crippen LogP contribution in [0.15, 0.2) is 46.9 Å². The molecular formula is C25H31BrN2O3. The van der Waals surface area contributed by atoms with Crippen molar-refractivity contribution in [3.05, 3.63) is 58.1 Å². The van der Waals surface area contributed by atoms with Gasteiger partial charge in [-0.25, -0.2) is 0 Å². The Kier molecular flexibility index (Phi) is 7.51. The van der Waals surface area contributed by atoms with Gasteiger partial charge in [0.2, 0.25) is 0 Å². The highest BCUT2D eigenvalue weighted by Gasteiger charge is 2.29. The maximum atomic E-state index is 13.6. The molecule has 2 aromatic rings. The molecular weight excluding hydrogens is 456 g/mol. The van der Waals surface area contributed by atoms with Gasteiger partial charge in [-0.1, -0.05) is 24.3 Å². The molecule has 1 N–H and O–H groups in total. The van der Waals surface area contributed by atoms with Gasteiger partial charge in [-0.05, 0) is 91.3 Å². The highest BCUT2D eigenvalue weighted by Crippen LogP contribution is 2.33. The molecule has 31 heavy (non-hydrogen) atoms. The number of phenols is 1. The summed E-state index contributed by atoms with van der Waals surface area (Å²) in [5, 5.41) is 9.89. The minimum absolute atomic E-state index is 0.0298. The van der Waals surface area contributed by atoms with E-state index in [0.717, 1.165) is 49.9 Å². The van der Waals surface area contributed by atoms with E-state index in [1.807, 2.05) is 29.2 Å². The summed E-state index contributed by atoms with van der Waals surface area (Å²) in [6, 6.07) is 13.3. The van der Waals surface area contributed by atoms with Crippen molar-refractivity contribution in [2.45, 2.75) is 44.6 Å². The third-order valence-electron chi connectivity index (χ3n) is 6.41. The second-order valence-electron chi connectivity index (χ2n) is 8.50. The van der Waals surface area contributed by atoms with Crippen LogP contribution in [0.1, 0.15) is 48.0 Å². The number of ether oxygens (including phenoxy) is 1. The average Bonchev–Trinajstić information content (AvgIpc) is 3.32. The monoisotopic (exact) mass is 486 g/mol. The van der Waals surface area contributed by atoms with Crippen LogP contribution < -0.4 is 4.74 Å². The Morgan fingerprint density at radius 1 is 1.03 bits per heavy atom. The van der Waals surface area contributed by atoms with Crippen LogP contribution in [0.4, 0.5) is 0 Å². The zero-order valence-corrected chi connectivity index (χ0v) is 19.5. The summed E-state index contributed by atoms with van der Waals surface area (Å²) in [5.41, 5.74) is 1.97. The number of halogens is 1. The Hall–Kier alpha value is -2.05. The molecule has 4 rings (SSSR count). The zero-order chi connectivity index (χ0) is 21.6. The highest BCUT2D eigenvalue weighted by atomic mass is 79.9. The number of piperidine rings is 1. The number of carbonyl (C=O) groups excluding carboxylic acids is 1. The SMILES string of the molecule is O=C(c1ccccc1CCN1CCCC1)N1CCCC[C@H]1COc1cccc(O)c1Br. The first-order chi connectivity index (χ1) is 15.1. The van der Waals surface area contributed by atoms with Crippen LogP contribution in [0.2, 0.25) is 0 Å². The average molecular weight is 487 g/mol. The summed E-state index contributed by atoms with van der Waals surface area (Å²) in [7, 11) is 0. The number of hydrogen-bond donors (Lipinski definition) is 1. The van der Waals surface area contributed by atoms with E-state index in [1.165, 1.54) is 25.9 Å². The molecule has 166 valence electrons. The quantitative estimate of drug-likeness (QED) is 0.606. The van der Waals surface area contributed by atoms with Crippen LogP contribution in [0, 0.1) is 0 Å². The number of rotatable bonds is 7. The van der Waals surface area contributed by atoms with Crippen molar-refractivity contribution in [3.8, 4) is 11.5 Å². The van der Waals surface area contributed by atoms with E-state index >= 15 is 0 Å². The largest absolute Gasteiger partial charge is 0.507 e. The van der Waals surface area contributed by atoms with E-state index < -0.39 is 0 Å². The number of amides is 1. The molecule has 0 unspecified atom stereocenters. The van der Waals surface area contributed by atoms with Crippen molar-refractivity contribution in [1.82, 2.24) is 9.80 Å². The van der Waals surface area contributed by atoms with Gasteiger partial charge in [0.05, 0.1) is 6.04 Å². The second-order valence-corrected chi connectivity index (χ2v) is 9.30. The van der Waals surface area contributed by atoms with Crippen molar-refractivity contribution >= 4 is 21.8 Å². The number of likely N-dealkylation sites (tertiary alicyclic amines) is 2. The van der Waals surface area contributed by atoms with Gasteiger partial charge in [0.15, 0.2) is 0 Å². The maximum absolute atomic E-state index is 13.6. The molecule has 2 saturated heterocycles. The first-order valence-electron chi connectivity index (χ1n) is 11.3. The van der Waals surface area contributed by atoms with E-state index in [-0.39, 0.29) is 17.7 Å². The Morgan fingerprint density at radius 3 is 2.65 bits per heavy atom. The molecule has 0 aliphatic carbocycles. The fourth-order valence-electron chi connectivity index (χ4n) is 4.62. The standard InChI is InChI=1S/C25H31BrN2O3/c26-24-22(29)11-7-12-23(24)31-18-20-9-3-4-16-28(20)25(30)21-10-2-1-8-19(21)13-17-27-14-5-6-15-27/h1-2,7-8,10-12,20,29H,3-6,9,13-18H2/t20-/m0/s1. The van der Waals surface area contributed by atoms with Crippen molar-refractivity contribution < 1.29 is 14.6 Å². The molecule has 0 aromatic heterocycles. The molecule has 0 spiro atoms. The number of phenolic OH excluding ortho intramolecular Hbond substituents is 1. The summed E-state index contributed by atoms with van der Waals surface area (Å²) < 4.78 is 6.56. The fraction of sp³-hybridized carbons (Fsp3) is 0.480. The third-order valence-corrected chi connectivity index (χ3v) is 7.20. The van der Waals surface area contributed by atoms with E-state index in [2.05, 4.69) is 26.9 Å². The smallest absolute Gasteiger partial charge is 0.254 e. The molecule has 2 aliphatic rings. The lowest BCUT2D eigenvalue weighted by atomic mass is 9.98. The number of benzene rings is 2. The highest BCUT2D eigenvalue weighted by molar-refractivity contribution is 9.10. The van der Waals surface area contributed by atoms with Crippen LogP contribution in [0.25, 0.3) is 0 Å².